The van der Waals surface area contributed by atoms with E-state index in [2.05, 4.69) is 5.10 Å². The highest BCUT2D eigenvalue weighted by atomic mass is 16.5. The van der Waals surface area contributed by atoms with E-state index in [4.69, 9.17) is 15.9 Å². The van der Waals surface area contributed by atoms with E-state index in [1.54, 1.807) is 18.3 Å². The number of nitrogens with zero attached hydrogens (tertiary/aromatic N) is 2. The fourth-order valence-electron chi connectivity index (χ4n) is 1.63. The standard InChI is InChI=1S/C13H16N4O/c1-2-17-8-10(7-16-17)9-18-12-6-4-3-5-11(12)13(14)15/h3-8H,2,9H2,1H3,(H3,14,15). The van der Waals surface area contributed by atoms with Crippen molar-refractivity contribution in [1.82, 2.24) is 9.78 Å². The summed E-state index contributed by atoms with van der Waals surface area (Å²) < 4.78 is 7.51. The van der Waals surface area contributed by atoms with Crippen molar-refractivity contribution in [3.63, 3.8) is 0 Å². The van der Waals surface area contributed by atoms with Gasteiger partial charge in [0.25, 0.3) is 0 Å². The molecule has 0 bridgehead atoms. The van der Waals surface area contributed by atoms with Crippen LogP contribution in [0.4, 0.5) is 0 Å². The molecule has 0 aliphatic rings. The number of benzene rings is 1. The largest absolute Gasteiger partial charge is 0.488 e. The molecule has 0 aliphatic carbocycles. The Morgan fingerprint density at radius 3 is 2.89 bits per heavy atom. The van der Waals surface area contributed by atoms with Gasteiger partial charge in [-0.3, -0.25) is 10.1 Å². The Hall–Kier alpha value is -2.30. The molecule has 94 valence electrons. The number of aromatic nitrogens is 2. The van der Waals surface area contributed by atoms with Crippen molar-refractivity contribution in [2.75, 3.05) is 0 Å². The van der Waals surface area contributed by atoms with Gasteiger partial charge in [0, 0.05) is 18.3 Å². The number of rotatable bonds is 5. The van der Waals surface area contributed by atoms with Crippen LogP contribution in [0.5, 0.6) is 5.75 Å². The zero-order valence-electron chi connectivity index (χ0n) is 10.3. The van der Waals surface area contributed by atoms with E-state index in [9.17, 15) is 0 Å². The van der Waals surface area contributed by atoms with Crippen LogP contribution in [0.3, 0.4) is 0 Å². The fourth-order valence-corrected chi connectivity index (χ4v) is 1.63. The van der Waals surface area contributed by atoms with Gasteiger partial charge in [0.15, 0.2) is 0 Å². The van der Waals surface area contributed by atoms with Crippen molar-refractivity contribution in [2.45, 2.75) is 20.1 Å². The van der Waals surface area contributed by atoms with E-state index in [1.807, 2.05) is 29.9 Å². The third kappa shape index (κ3) is 2.68. The highest BCUT2D eigenvalue weighted by Crippen LogP contribution is 2.18. The maximum absolute atomic E-state index is 7.47. The van der Waals surface area contributed by atoms with Crippen molar-refractivity contribution in [2.24, 2.45) is 5.73 Å². The van der Waals surface area contributed by atoms with E-state index in [1.165, 1.54) is 0 Å². The van der Waals surface area contributed by atoms with Gasteiger partial charge >= 0.3 is 0 Å². The van der Waals surface area contributed by atoms with Gasteiger partial charge in [-0.05, 0) is 19.1 Å². The number of nitrogens with one attached hydrogen (secondary N) is 1. The molecule has 0 atom stereocenters. The molecule has 1 aromatic carbocycles. The average Bonchev–Trinajstić information content (AvgIpc) is 2.84. The Bertz CT molecular complexity index is 547. The van der Waals surface area contributed by atoms with Crippen molar-refractivity contribution >= 4 is 5.84 Å². The van der Waals surface area contributed by atoms with Gasteiger partial charge in [-0.15, -0.1) is 0 Å². The molecule has 18 heavy (non-hydrogen) atoms. The number of nitrogen functional groups attached to an aromatic ring is 1. The SMILES string of the molecule is CCn1cc(COc2ccccc2C(=N)N)cn1. The highest BCUT2D eigenvalue weighted by Gasteiger charge is 2.06. The monoisotopic (exact) mass is 244 g/mol. The van der Waals surface area contributed by atoms with Gasteiger partial charge in [0.2, 0.25) is 0 Å². The second-order valence-corrected chi connectivity index (χ2v) is 3.90. The maximum atomic E-state index is 7.47. The van der Waals surface area contributed by atoms with Crippen LogP contribution in [0.2, 0.25) is 0 Å². The molecule has 1 aromatic heterocycles. The Morgan fingerprint density at radius 1 is 1.44 bits per heavy atom. The van der Waals surface area contributed by atoms with E-state index < -0.39 is 0 Å². The molecule has 0 radical (unpaired) electrons. The second kappa shape index (κ2) is 5.35. The molecule has 0 amide bonds. The molecule has 0 unspecified atom stereocenters. The molecule has 0 fully saturated rings. The predicted octanol–water partition coefficient (Wildman–Crippen LogP) is 1.77. The van der Waals surface area contributed by atoms with Crippen molar-refractivity contribution in [3.05, 3.63) is 47.8 Å². The summed E-state index contributed by atoms with van der Waals surface area (Å²) in [6.45, 7) is 3.29. The minimum Gasteiger partial charge on any atom is -0.488 e. The lowest BCUT2D eigenvalue weighted by atomic mass is 10.2. The van der Waals surface area contributed by atoms with Crippen molar-refractivity contribution < 1.29 is 4.74 Å². The summed E-state index contributed by atoms with van der Waals surface area (Å²) in [6.07, 6.45) is 3.72. The highest BCUT2D eigenvalue weighted by molar-refractivity contribution is 5.97. The number of ether oxygens (including phenoxy) is 1. The Morgan fingerprint density at radius 2 is 2.22 bits per heavy atom. The van der Waals surface area contributed by atoms with E-state index in [0.717, 1.165) is 12.1 Å². The number of amidine groups is 1. The zero-order valence-corrected chi connectivity index (χ0v) is 10.3. The first-order valence-electron chi connectivity index (χ1n) is 5.78. The number of para-hydroxylation sites is 1. The Labute approximate surface area is 106 Å². The Kier molecular flexibility index (Phi) is 3.62. The molecule has 0 saturated heterocycles. The summed E-state index contributed by atoms with van der Waals surface area (Å²) >= 11 is 0. The molecule has 0 spiro atoms. The molecule has 2 rings (SSSR count). The summed E-state index contributed by atoms with van der Waals surface area (Å²) in [5.74, 6) is 0.629. The fraction of sp³-hybridized carbons (Fsp3) is 0.231. The van der Waals surface area contributed by atoms with Crippen LogP contribution < -0.4 is 10.5 Å². The molecule has 3 N–H and O–H groups in total. The van der Waals surface area contributed by atoms with Crippen LogP contribution in [0.15, 0.2) is 36.7 Å². The number of hydrogen-bond acceptors (Lipinski definition) is 3. The first-order chi connectivity index (χ1) is 8.70. The third-order valence-electron chi connectivity index (χ3n) is 2.58. The first-order valence-corrected chi connectivity index (χ1v) is 5.78. The minimum absolute atomic E-state index is 0.00912. The summed E-state index contributed by atoms with van der Waals surface area (Å²) in [7, 11) is 0. The first kappa shape index (κ1) is 12.2. The summed E-state index contributed by atoms with van der Waals surface area (Å²) in [5.41, 5.74) is 7.10. The average molecular weight is 244 g/mol. The topological polar surface area (TPSA) is 76.9 Å². The lowest BCUT2D eigenvalue weighted by molar-refractivity contribution is 0.305. The summed E-state index contributed by atoms with van der Waals surface area (Å²) in [5, 5.41) is 11.6. The normalized spacial score (nSPS) is 10.3. The van der Waals surface area contributed by atoms with Gasteiger partial charge in [-0.25, -0.2) is 0 Å². The number of hydrogen-bond donors (Lipinski definition) is 2. The van der Waals surface area contributed by atoms with E-state index in [0.29, 0.717) is 17.9 Å². The maximum Gasteiger partial charge on any atom is 0.130 e. The predicted molar refractivity (Wildman–Crippen MR) is 69.7 cm³/mol. The Balaban J connectivity index is 2.08. The summed E-state index contributed by atoms with van der Waals surface area (Å²) in [4.78, 5) is 0. The van der Waals surface area contributed by atoms with Crippen molar-refractivity contribution in [1.29, 1.82) is 5.41 Å². The second-order valence-electron chi connectivity index (χ2n) is 3.90. The van der Waals surface area contributed by atoms with Crippen molar-refractivity contribution in [3.8, 4) is 5.75 Å². The van der Waals surface area contributed by atoms with E-state index in [-0.39, 0.29) is 5.84 Å². The molecular formula is C13H16N4O. The lowest BCUT2D eigenvalue weighted by Gasteiger charge is -2.09. The minimum atomic E-state index is 0.00912. The quantitative estimate of drug-likeness (QED) is 0.621. The lowest BCUT2D eigenvalue weighted by Crippen LogP contribution is -2.12. The molecule has 2 aromatic rings. The van der Waals surface area contributed by atoms with Crippen LogP contribution in [0, 0.1) is 5.41 Å². The van der Waals surface area contributed by atoms with Crippen LogP contribution in [0.25, 0.3) is 0 Å². The van der Waals surface area contributed by atoms with Gasteiger partial charge < -0.3 is 10.5 Å². The zero-order chi connectivity index (χ0) is 13.0. The molecule has 5 nitrogen and oxygen atoms in total. The van der Waals surface area contributed by atoms with Gasteiger partial charge in [-0.2, -0.15) is 5.10 Å². The molecule has 0 saturated carbocycles. The smallest absolute Gasteiger partial charge is 0.130 e. The van der Waals surface area contributed by atoms with Crippen LogP contribution >= 0.6 is 0 Å². The molecular weight excluding hydrogens is 228 g/mol. The molecule has 0 aliphatic heterocycles. The van der Waals surface area contributed by atoms with Crippen LogP contribution in [0.1, 0.15) is 18.1 Å². The van der Waals surface area contributed by atoms with Gasteiger partial charge in [0.1, 0.15) is 18.2 Å². The van der Waals surface area contributed by atoms with E-state index >= 15 is 0 Å². The third-order valence-corrected chi connectivity index (χ3v) is 2.58. The molecule has 5 heteroatoms. The number of nitrogens with two attached hydrogens (primary N) is 1. The van der Waals surface area contributed by atoms with Gasteiger partial charge in [-0.1, -0.05) is 12.1 Å². The van der Waals surface area contributed by atoms with Gasteiger partial charge in [0.05, 0.1) is 11.8 Å². The molecule has 1 heterocycles. The van der Waals surface area contributed by atoms with Crippen LogP contribution in [-0.4, -0.2) is 15.6 Å². The number of aryl methyl sites for hydroxylation is 1. The summed E-state index contributed by atoms with van der Waals surface area (Å²) in [6, 6.07) is 7.27. The van der Waals surface area contributed by atoms with Crippen LogP contribution in [-0.2, 0) is 13.2 Å².